The van der Waals surface area contributed by atoms with Crippen LogP contribution in [0.4, 0.5) is 5.82 Å². The lowest BCUT2D eigenvalue weighted by Gasteiger charge is -2.06. The molecule has 0 unspecified atom stereocenters. The van der Waals surface area contributed by atoms with Gasteiger partial charge >= 0.3 is 0 Å². The zero-order valence-electron chi connectivity index (χ0n) is 10.9. The number of aromatic nitrogens is 4. The van der Waals surface area contributed by atoms with E-state index >= 15 is 0 Å². The zero-order chi connectivity index (χ0) is 13.4. The van der Waals surface area contributed by atoms with Crippen LogP contribution in [-0.4, -0.2) is 19.4 Å². The molecule has 0 saturated carbocycles. The third-order valence-electron chi connectivity index (χ3n) is 2.95. The van der Waals surface area contributed by atoms with Gasteiger partial charge in [0, 0.05) is 24.2 Å². The maximum absolute atomic E-state index is 5.84. The standard InChI is InChI=1S/C14H15N5/c1-9(2)10-7-12(15)18-14(17-10)11-8-19-6-4-3-5-13(19)16-11/h3-9H,1-2H3,(H2,15,17,18). The summed E-state index contributed by atoms with van der Waals surface area (Å²) in [5, 5.41) is 0. The number of pyridine rings is 1. The SMILES string of the molecule is CC(C)c1cc(N)nc(-c2cn3ccccc3n2)n1. The first kappa shape index (κ1) is 11.6. The number of fused-ring (bicyclic) bond motifs is 1. The molecule has 3 heterocycles. The molecule has 0 bridgehead atoms. The van der Waals surface area contributed by atoms with E-state index in [9.17, 15) is 0 Å². The fourth-order valence-electron chi connectivity index (χ4n) is 1.94. The van der Waals surface area contributed by atoms with Gasteiger partial charge in [-0.05, 0) is 18.1 Å². The molecule has 0 amide bonds. The van der Waals surface area contributed by atoms with Gasteiger partial charge in [-0.25, -0.2) is 15.0 Å². The Labute approximate surface area is 111 Å². The van der Waals surface area contributed by atoms with Crippen LogP contribution in [0.15, 0.2) is 36.7 Å². The fourth-order valence-corrected chi connectivity index (χ4v) is 1.94. The molecule has 3 aromatic heterocycles. The van der Waals surface area contributed by atoms with Gasteiger partial charge in [0.25, 0.3) is 0 Å². The normalized spacial score (nSPS) is 11.3. The molecule has 0 atom stereocenters. The van der Waals surface area contributed by atoms with Gasteiger partial charge < -0.3 is 10.1 Å². The predicted molar refractivity (Wildman–Crippen MR) is 74.7 cm³/mol. The largest absolute Gasteiger partial charge is 0.384 e. The van der Waals surface area contributed by atoms with E-state index < -0.39 is 0 Å². The molecule has 3 rings (SSSR count). The number of rotatable bonds is 2. The monoisotopic (exact) mass is 253 g/mol. The fraction of sp³-hybridized carbons (Fsp3) is 0.214. The van der Waals surface area contributed by atoms with Gasteiger partial charge in [-0.2, -0.15) is 0 Å². The van der Waals surface area contributed by atoms with Crippen molar-refractivity contribution >= 4 is 11.5 Å². The van der Waals surface area contributed by atoms with Crippen LogP contribution >= 0.6 is 0 Å². The van der Waals surface area contributed by atoms with E-state index in [-0.39, 0.29) is 0 Å². The van der Waals surface area contributed by atoms with E-state index in [1.165, 1.54) is 0 Å². The van der Waals surface area contributed by atoms with Gasteiger partial charge in [0.05, 0.1) is 0 Å². The van der Waals surface area contributed by atoms with Crippen molar-refractivity contribution in [3.63, 3.8) is 0 Å². The van der Waals surface area contributed by atoms with E-state index in [1.54, 1.807) is 0 Å². The number of nitrogens with two attached hydrogens (primary N) is 1. The van der Waals surface area contributed by atoms with Gasteiger partial charge in [-0.1, -0.05) is 19.9 Å². The summed E-state index contributed by atoms with van der Waals surface area (Å²) >= 11 is 0. The maximum atomic E-state index is 5.84. The van der Waals surface area contributed by atoms with Crippen LogP contribution in [-0.2, 0) is 0 Å². The van der Waals surface area contributed by atoms with Crippen molar-refractivity contribution in [2.75, 3.05) is 5.73 Å². The molecule has 19 heavy (non-hydrogen) atoms. The second-order valence-electron chi connectivity index (χ2n) is 4.79. The minimum absolute atomic E-state index is 0.307. The summed E-state index contributed by atoms with van der Waals surface area (Å²) in [7, 11) is 0. The number of imidazole rings is 1. The number of nitrogen functional groups attached to an aromatic ring is 1. The second kappa shape index (κ2) is 4.35. The Kier molecular flexibility index (Phi) is 2.67. The third kappa shape index (κ3) is 2.14. The first-order valence-corrected chi connectivity index (χ1v) is 6.22. The number of hydrogen-bond donors (Lipinski definition) is 1. The molecular formula is C14H15N5. The number of nitrogens with zero attached hydrogens (tertiary/aromatic N) is 4. The summed E-state index contributed by atoms with van der Waals surface area (Å²) in [6.45, 7) is 4.16. The van der Waals surface area contributed by atoms with Crippen LogP contribution in [0.3, 0.4) is 0 Å². The highest BCUT2D eigenvalue weighted by molar-refractivity contribution is 5.57. The summed E-state index contributed by atoms with van der Waals surface area (Å²) in [5.74, 6) is 1.36. The molecule has 96 valence electrons. The Bertz CT molecular complexity index is 697. The first-order valence-electron chi connectivity index (χ1n) is 6.22. The second-order valence-corrected chi connectivity index (χ2v) is 4.79. The predicted octanol–water partition coefficient (Wildman–Crippen LogP) is 2.50. The van der Waals surface area contributed by atoms with Gasteiger partial charge in [-0.3, -0.25) is 0 Å². The quantitative estimate of drug-likeness (QED) is 0.761. The molecule has 0 radical (unpaired) electrons. The minimum Gasteiger partial charge on any atom is -0.384 e. The molecule has 0 spiro atoms. The van der Waals surface area contributed by atoms with Crippen molar-refractivity contribution in [1.29, 1.82) is 0 Å². The Morgan fingerprint density at radius 3 is 2.74 bits per heavy atom. The summed E-state index contributed by atoms with van der Waals surface area (Å²) < 4.78 is 1.94. The van der Waals surface area contributed by atoms with Crippen LogP contribution < -0.4 is 5.73 Å². The number of anilines is 1. The molecule has 0 aromatic carbocycles. The van der Waals surface area contributed by atoms with E-state index in [4.69, 9.17) is 5.73 Å². The molecule has 5 heteroatoms. The molecule has 0 fully saturated rings. The summed E-state index contributed by atoms with van der Waals surface area (Å²) in [4.78, 5) is 13.3. The first-order chi connectivity index (χ1) is 9.13. The van der Waals surface area contributed by atoms with Crippen molar-refractivity contribution in [1.82, 2.24) is 19.4 Å². The Hall–Kier alpha value is -2.43. The van der Waals surface area contributed by atoms with Crippen LogP contribution in [0.1, 0.15) is 25.5 Å². The average Bonchev–Trinajstić information content (AvgIpc) is 2.81. The van der Waals surface area contributed by atoms with Crippen molar-refractivity contribution < 1.29 is 0 Å². The van der Waals surface area contributed by atoms with E-state index in [2.05, 4.69) is 28.8 Å². The van der Waals surface area contributed by atoms with E-state index in [0.29, 0.717) is 17.6 Å². The van der Waals surface area contributed by atoms with Crippen LogP contribution in [0, 0.1) is 0 Å². The lowest BCUT2D eigenvalue weighted by molar-refractivity contribution is 0.817. The lowest BCUT2D eigenvalue weighted by Crippen LogP contribution is -2.01. The smallest absolute Gasteiger partial charge is 0.182 e. The van der Waals surface area contributed by atoms with E-state index in [0.717, 1.165) is 17.0 Å². The summed E-state index contributed by atoms with van der Waals surface area (Å²) in [6.07, 6.45) is 3.86. The minimum atomic E-state index is 0.307. The van der Waals surface area contributed by atoms with Crippen molar-refractivity contribution in [2.24, 2.45) is 0 Å². The molecule has 0 aliphatic rings. The van der Waals surface area contributed by atoms with Crippen LogP contribution in [0.25, 0.3) is 17.2 Å². The van der Waals surface area contributed by atoms with Crippen molar-refractivity contribution in [3.8, 4) is 11.5 Å². The molecule has 0 saturated heterocycles. The highest BCUT2D eigenvalue weighted by Crippen LogP contribution is 2.20. The van der Waals surface area contributed by atoms with Crippen LogP contribution in [0.2, 0.25) is 0 Å². The highest BCUT2D eigenvalue weighted by Gasteiger charge is 2.11. The molecular weight excluding hydrogens is 238 g/mol. The Morgan fingerprint density at radius 2 is 2.00 bits per heavy atom. The number of hydrogen-bond acceptors (Lipinski definition) is 4. The molecule has 5 nitrogen and oxygen atoms in total. The summed E-state index contributed by atoms with van der Waals surface area (Å²) in [6, 6.07) is 7.66. The third-order valence-corrected chi connectivity index (χ3v) is 2.95. The van der Waals surface area contributed by atoms with Crippen molar-refractivity contribution in [2.45, 2.75) is 19.8 Å². The molecule has 2 N–H and O–H groups in total. The topological polar surface area (TPSA) is 69.1 Å². The van der Waals surface area contributed by atoms with Gasteiger partial charge in [0.15, 0.2) is 5.82 Å². The average molecular weight is 253 g/mol. The molecule has 0 aliphatic heterocycles. The highest BCUT2D eigenvalue weighted by atomic mass is 15.0. The van der Waals surface area contributed by atoms with Crippen LogP contribution in [0.5, 0.6) is 0 Å². The summed E-state index contributed by atoms with van der Waals surface area (Å²) in [5.41, 5.74) is 8.38. The van der Waals surface area contributed by atoms with Gasteiger partial charge in [-0.15, -0.1) is 0 Å². The molecule has 0 aliphatic carbocycles. The van der Waals surface area contributed by atoms with Crippen molar-refractivity contribution in [3.05, 3.63) is 42.4 Å². The Balaban J connectivity index is 2.15. The maximum Gasteiger partial charge on any atom is 0.182 e. The van der Waals surface area contributed by atoms with Gasteiger partial charge in [0.1, 0.15) is 17.2 Å². The Morgan fingerprint density at radius 1 is 1.16 bits per heavy atom. The van der Waals surface area contributed by atoms with Gasteiger partial charge in [0.2, 0.25) is 0 Å². The molecule has 3 aromatic rings. The van der Waals surface area contributed by atoms with E-state index in [1.807, 2.05) is 41.1 Å². The zero-order valence-corrected chi connectivity index (χ0v) is 10.9. The lowest BCUT2D eigenvalue weighted by atomic mass is 10.1.